The van der Waals surface area contributed by atoms with Gasteiger partial charge in [-0.15, -0.1) is 0 Å². The van der Waals surface area contributed by atoms with Gasteiger partial charge in [0.05, 0.1) is 14.2 Å². The third-order valence-corrected chi connectivity index (χ3v) is 5.56. The third kappa shape index (κ3) is 7.40. The van der Waals surface area contributed by atoms with Gasteiger partial charge in [0.25, 0.3) is 0 Å². The molecule has 2 aromatic carbocycles. The van der Waals surface area contributed by atoms with Gasteiger partial charge in [-0.1, -0.05) is 24.3 Å². The number of piperidine rings is 1. The number of carbonyl (C=O) groups excluding carboxylic acids is 1. The first kappa shape index (κ1) is 22.8. The molecule has 0 aliphatic carbocycles. The van der Waals surface area contributed by atoms with Gasteiger partial charge in [-0.25, -0.2) is 4.39 Å². The largest absolute Gasteiger partial charge is 0.497 e. The van der Waals surface area contributed by atoms with Gasteiger partial charge in [0.15, 0.2) is 0 Å². The molecule has 0 saturated carbocycles. The maximum Gasteiger partial charge on any atom is 0.224 e. The van der Waals surface area contributed by atoms with E-state index in [1.54, 1.807) is 44.6 Å². The van der Waals surface area contributed by atoms with E-state index in [-0.39, 0.29) is 11.7 Å². The van der Waals surface area contributed by atoms with Crippen molar-refractivity contribution < 1.29 is 18.7 Å². The molecule has 0 radical (unpaired) electrons. The number of likely N-dealkylation sites (tertiary alicyclic amines) is 1. The van der Waals surface area contributed by atoms with Crippen LogP contribution in [0.25, 0.3) is 6.08 Å². The molecule has 0 aromatic heterocycles. The quantitative estimate of drug-likeness (QED) is 0.614. The van der Waals surface area contributed by atoms with Gasteiger partial charge in [0, 0.05) is 43.4 Å². The van der Waals surface area contributed by atoms with Crippen molar-refractivity contribution in [3.05, 3.63) is 59.9 Å². The molecule has 166 valence electrons. The van der Waals surface area contributed by atoms with Gasteiger partial charge in [0.2, 0.25) is 5.91 Å². The number of ether oxygens (including phenoxy) is 2. The summed E-state index contributed by atoms with van der Waals surface area (Å²) in [7, 11) is 3.17. The van der Waals surface area contributed by atoms with Crippen LogP contribution in [0.3, 0.4) is 0 Å². The second-order valence-electron chi connectivity index (χ2n) is 7.91. The Bertz CT molecular complexity index is 861. The second-order valence-corrected chi connectivity index (χ2v) is 7.91. The van der Waals surface area contributed by atoms with Crippen LogP contribution in [0.2, 0.25) is 0 Å². The molecule has 1 heterocycles. The third-order valence-electron chi connectivity index (χ3n) is 5.56. The predicted molar refractivity (Wildman–Crippen MR) is 122 cm³/mol. The van der Waals surface area contributed by atoms with Crippen LogP contribution in [0.5, 0.6) is 11.5 Å². The Hall–Kier alpha value is -2.86. The molecular formula is C25H31FN2O3. The average Bonchev–Trinajstić information content (AvgIpc) is 2.79. The minimum Gasteiger partial charge on any atom is -0.497 e. The van der Waals surface area contributed by atoms with E-state index in [0.717, 1.165) is 44.5 Å². The number of hydrogen-bond acceptors (Lipinski definition) is 4. The number of rotatable bonds is 9. The predicted octanol–water partition coefficient (Wildman–Crippen LogP) is 4.99. The zero-order chi connectivity index (χ0) is 22.1. The summed E-state index contributed by atoms with van der Waals surface area (Å²) < 4.78 is 23.5. The first-order chi connectivity index (χ1) is 15.1. The summed E-state index contributed by atoms with van der Waals surface area (Å²) in [5.41, 5.74) is 1.68. The van der Waals surface area contributed by atoms with E-state index in [2.05, 4.69) is 16.3 Å². The molecule has 1 amide bonds. The standard InChI is InChI=1S/C25H31FN2O3/c1-30-23-15-22(16-24(17-23)31-2)27-25(29)12-9-20-6-4-14-28(18-20)13-3-5-19-7-10-21(26)11-8-19/h3,5,7-8,10-11,15-17,20H,4,6,9,12-14,18H2,1-2H3,(H,27,29)/b5-3+. The number of methoxy groups -OCH3 is 2. The molecule has 0 bridgehead atoms. The Balaban J connectivity index is 1.44. The van der Waals surface area contributed by atoms with E-state index in [4.69, 9.17) is 9.47 Å². The fourth-order valence-electron chi connectivity index (χ4n) is 3.90. The van der Waals surface area contributed by atoms with Crippen molar-refractivity contribution in [1.29, 1.82) is 0 Å². The Labute approximate surface area is 183 Å². The number of nitrogens with one attached hydrogen (secondary N) is 1. The Morgan fingerprint density at radius 2 is 1.87 bits per heavy atom. The lowest BCUT2D eigenvalue weighted by Crippen LogP contribution is -2.35. The Morgan fingerprint density at radius 1 is 1.16 bits per heavy atom. The molecule has 5 nitrogen and oxygen atoms in total. The molecular weight excluding hydrogens is 395 g/mol. The van der Waals surface area contributed by atoms with Crippen molar-refractivity contribution in [1.82, 2.24) is 4.90 Å². The van der Waals surface area contributed by atoms with Crippen LogP contribution in [-0.2, 0) is 4.79 Å². The number of carbonyl (C=O) groups is 1. The molecule has 1 atom stereocenters. The highest BCUT2D eigenvalue weighted by Crippen LogP contribution is 2.26. The number of nitrogens with zero attached hydrogens (tertiary/aromatic N) is 1. The minimum absolute atomic E-state index is 0.00337. The molecule has 1 saturated heterocycles. The van der Waals surface area contributed by atoms with Crippen molar-refractivity contribution in [3.63, 3.8) is 0 Å². The van der Waals surface area contributed by atoms with Crippen LogP contribution < -0.4 is 14.8 Å². The van der Waals surface area contributed by atoms with E-state index >= 15 is 0 Å². The van der Waals surface area contributed by atoms with E-state index in [9.17, 15) is 9.18 Å². The van der Waals surface area contributed by atoms with Crippen molar-refractivity contribution in [2.45, 2.75) is 25.7 Å². The van der Waals surface area contributed by atoms with Crippen LogP contribution in [-0.4, -0.2) is 44.7 Å². The molecule has 1 fully saturated rings. The summed E-state index contributed by atoms with van der Waals surface area (Å²) in [6.45, 7) is 2.93. The fourth-order valence-corrected chi connectivity index (χ4v) is 3.90. The first-order valence-electron chi connectivity index (χ1n) is 10.7. The van der Waals surface area contributed by atoms with Gasteiger partial charge < -0.3 is 14.8 Å². The lowest BCUT2D eigenvalue weighted by molar-refractivity contribution is -0.116. The summed E-state index contributed by atoms with van der Waals surface area (Å²) in [6, 6.07) is 11.9. The maximum absolute atomic E-state index is 13.0. The van der Waals surface area contributed by atoms with Crippen molar-refractivity contribution in [3.8, 4) is 11.5 Å². The van der Waals surface area contributed by atoms with Crippen molar-refractivity contribution in [2.75, 3.05) is 39.2 Å². The summed E-state index contributed by atoms with van der Waals surface area (Å²) in [6.07, 6.45) is 7.80. The molecule has 1 aliphatic heterocycles. The van der Waals surface area contributed by atoms with Crippen LogP contribution in [0.4, 0.5) is 10.1 Å². The van der Waals surface area contributed by atoms with Crippen LogP contribution in [0.15, 0.2) is 48.5 Å². The molecule has 1 unspecified atom stereocenters. The van der Waals surface area contributed by atoms with Gasteiger partial charge in [-0.2, -0.15) is 0 Å². The van der Waals surface area contributed by atoms with Crippen molar-refractivity contribution >= 4 is 17.7 Å². The van der Waals surface area contributed by atoms with E-state index < -0.39 is 0 Å². The molecule has 6 heteroatoms. The fraction of sp³-hybridized carbons (Fsp3) is 0.400. The smallest absolute Gasteiger partial charge is 0.224 e. The number of hydrogen-bond donors (Lipinski definition) is 1. The highest BCUT2D eigenvalue weighted by atomic mass is 19.1. The summed E-state index contributed by atoms with van der Waals surface area (Å²) in [5, 5.41) is 2.95. The summed E-state index contributed by atoms with van der Waals surface area (Å²) in [4.78, 5) is 14.9. The highest BCUT2D eigenvalue weighted by molar-refractivity contribution is 5.91. The number of benzene rings is 2. The Morgan fingerprint density at radius 3 is 2.55 bits per heavy atom. The van der Waals surface area contributed by atoms with Gasteiger partial charge >= 0.3 is 0 Å². The lowest BCUT2D eigenvalue weighted by Gasteiger charge is -2.31. The summed E-state index contributed by atoms with van der Waals surface area (Å²) in [5.74, 6) is 1.59. The first-order valence-corrected chi connectivity index (χ1v) is 10.7. The van der Waals surface area contributed by atoms with E-state index in [1.165, 1.54) is 12.1 Å². The topological polar surface area (TPSA) is 50.8 Å². The normalized spacial score (nSPS) is 16.9. The van der Waals surface area contributed by atoms with E-state index in [1.807, 2.05) is 6.08 Å². The number of anilines is 1. The van der Waals surface area contributed by atoms with Gasteiger partial charge in [-0.3, -0.25) is 9.69 Å². The second kappa shape index (κ2) is 11.5. The molecule has 1 aliphatic rings. The lowest BCUT2D eigenvalue weighted by atomic mass is 9.93. The van der Waals surface area contributed by atoms with Crippen LogP contribution in [0, 0.1) is 11.7 Å². The maximum atomic E-state index is 13.0. The Kier molecular flexibility index (Phi) is 8.47. The molecule has 3 rings (SSSR count). The zero-order valence-electron chi connectivity index (χ0n) is 18.3. The molecule has 31 heavy (non-hydrogen) atoms. The van der Waals surface area contributed by atoms with Gasteiger partial charge in [-0.05, 0) is 49.4 Å². The summed E-state index contributed by atoms with van der Waals surface area (Å²) >= 11 is 0. The van der Waals surface area contributed by atoms with Crippen LogP contribution in [0.1, 0.15) is 31.2 Å². The molecule has 2 aromatic rings. The molecule has 1 N–H and O–H groups in total. The monoisotopic (exact) mass is 426 g/mol. The van der Waals surface area contributed by atoms with Crippen LogP contribution >= 0.6 is 0 Å². The number of halogens is 1. The van der Waals surface area contributed by atoms with Gasteiger partial charge in [0.1, 0.15) is 17.3 Å². The highest BCUT2D eigenvalue weighted by Gasteiger charge is 2.20. The number of amides is 1. The van der Waals surface area contributed by atoms with E-state index in [0.29, 0.717) is 29.5 Å². The minimum atomic E-state index is -0.217. The zero-order valence-corrected chi connectivity index (χ0v) is 18.3. The SMILES string of the molecule is COc1cc(NC(=O)CCC2CCCN(C/C=C/c3ccc(F)cc3)C2)cc(OC)c1. The van der Waals surface area contributed by atoms with Crippen molar-refractivity contribution in [2.24, 2.45) is 5.92 Å². The molecule has 0 spiro atoms. The average molecular weight is 427 g/mol.